The van der Waals surface area contributed by atoms with Gasteiger partial charge >= 0.3 is 11.9 Å². The molecular weight excluding hydrogens is 258 g/mol. The van der Waals surface area contributed by atoms with Crippen LogP contribution in [0.15, 0.2) is 0 Å². The second kappa shape index (κ2) is 6.57. The lowest BCUT2D eigenvalue weighted by Gasteiger charge is -2.27. The third-order valence-electron chi connectivity index (χ3n) is 4.27. The van der Waals surface area contributed by atoms with E-state index in [-0.39, 0.29) is 23.4 Å². The van der Waals surface area contributed by atoms with E-state index >= 15 is 0 Å². The fourth-order valence-corrected chi connectivity index (χ4v) is 3.00. The van der Waals surface area contributed by atoms with Crippen LogP contribution in [0, 0.1) is 5.41 Å². The molecule has 1 aliphatic carbocycles. The van der Waals surface area contributed by atoms with Crippen LogP contribution in [0.25, 0.3) is 0 Å². The highest BCUT2D eigenvalue weighted by molar-refractivity contribution is 5.80. The van der Waals surface area contributed by atoms with E-state index in [0.29, 0.717) is 19.6 Å². The van der Waals surface area contributed by atoms with E-state index in [4.69, 9.17) is 9.47 Å². The zero-order valence-electron chi connectivity index (χ0n) is 12.5. The Morgan fingerprint density at radius 3 is 2.50 bits per heavy atom. The molecule has 0 bridgehead atoms. The van der Waals surface area contributed by atoms with Crippen LogP contribution in [0.1, 0.15) is 46.0 Å². The molecule has 0 radical (unpaired) electrons. The van der Waals surface area contributed by atoms with Crippen molar-refractivity contribution in [3.05, 3.63) is 0 Å². The number of carbonyl (C=O) groups is 2. The molecule has 1 aliphatic heterocycles. The van der Waals surface area contributed by atoms with E-state index in [2.05, 4.69) is 4.90 Å². The maximum atomic E-state index is 12.0. The Bertz CT molecular complexity index is 365. The fraction of sp³-hybridized carbons (Fsp3) is 0.867. The second-order valence-electron chi connectivity index (χ2n) is 5.78. The number of carbonyl (C=O) groups excluding carboxylic acids is 2. The summed E-state index contributed by atoms with van der Waals surface area (Å²) in [6.07, 6.45) is 4.36. The van der Waals surface area contributed by atoms with Crippen molar-refractivity contribution in [2.24, 2.45) is 5.41 Å². The van der Waals surface area contributed by atoms with Crippen LogP contribution >= 0.6 is 0 Å². The zero-order chi connectivity index (χ0) is 14.6. The first-order chi connectivity index (χ1) is 9.61. The first-order valence-corrected chi connectivity index (χ1v) is 7.68. The fourth-order valence-electron chi connectivity index (χ4n) is 3.00. The Morgan fingerprint density at radius 1 is 1.20 bits per heavy atom. The zero-order valence-corrected chi connectivity index (χ0v) is 12.5. The lowest BCUT2D eigenvalue weighted by atomic mass is 10.1. The molecule has 114 valence electrons. The summed E-state index contributed by atoms with van der Waals surface area (Å²) in [6.45, 7) is 6.23. The SMILES string of the molecule is CCOC(=O)C[C@@H]1CCCN1CC1(C(=O)OCC)CC1. The van der Waals surface area contributed by atoms with Crippen molar-refractivity contribution in [3.63, 3.8) is 0 Å². The molecule has 0 N–H and O–H groups in total. The van der Waals surface area contributed by atoms with E-state index < -0.39 is 0 Å². The van der Waals surface area contributed by atoms with E-state index in [1.807, 2.05) is 13.8 Å². The predicted molar refractivity (Wildman–Crippen MR) is 74.1 cm³/mol. The number of hydrogen-bond donors (Lipinski definition) is 0. The van der Waals surface area contributed by atoms with Gasteiger partial charge in [0.15, 0.2) is 0 Å². The van der Waals surface area contributed by atoms with Gasteiger partial charge in [-0.1, -0.05) is 0 Å². The van der Waals surface area contributed by atoms with Crippen LogP contribution in [0.4, 0.5) is 0 Å². The first-order valence-electron chi connectivity index (χ1n) is 7.68. The van der Waals surface area contributed by atoms with Gasteiger partial charge in [0.05, 0.1) is 25.0 Å². The minimum absolute atomic E-state index is 0.0678. The number of rotatable bonds is 7. The van der Waals surface area contributed by atoms with Gasteiger partial charge in [-0.2, -0.15) is 0 Å². The summed E-state index contributed by atoms with van der Waals surface area (Å²) >= 11 is 0. The van der Waals surface area contributed by atoms with Gasteiger partial charge in [0.25, 0.3) is 0 Å². The summed E-state index contributed by atoms with van der Waals surface area (Å²) < 4.78 is 10.2. The Balaban J connectivity index is 1.88. The largest absolute Gasteiger partial charge is 0.466 e. The number of esters is 2. The highest BCUT2D eigenvalue weighted by atomic mass is 16.5. The normalized spacial score (nSPS) is 24.4. The van der Waals surface area contributed by atoms with Crippen molar-refractivity contribution < 1.29 is 19.1 Å². The summed E-state index contributed by atoms with van der Waals surface area (Å²) in [5.41, 5.74) is -0.298. The van der Waals surface area contributed by atoms with Crippen LogP contribution in [0.5, 0.6) is 0 Å². The Labute approximate surface area is 120 Å². The number of nitrogens with zero attached hydrogens (tertiary/aromatic N) is 1. The van der Waals surface area contributed by atoms with E-state index in [1.165, 1.54) is 0 Å². The summed E-state index contributed by atoms with van der Waals surface area (Å²) in [4.78, 5) is 25.9. The van der Waals surface area contributed by atoms with Crippen LogP contribution in [0.3, 0.4) is 0 Å². The summed E-state index contributed by atoms with van der Waals surface area (Å²) in [6, 6.07) is 0.223. The predicted octanol–water partition coefficient (Wildman–Crippen LogP) is 1.75. The van der Waals surface area contributed by atoms with Crippen LogP contribution in [-0.4, -0.2) is 49.2 Å². The van der Waals surface area contributed by atoms with Gasteiger partial charge in [-0.25, -0.2) is 0 Å². The average molecular weight is 283 g/mol. The maximum absolute atomic E-state index is 12.0. The third kappa shape index (κ3) is 3.51. The maximum Gasteiger partial charge on any atom is 0.313 e. The molecule has 1 heterocycles. The lowest BCUT2D eigenvalue weighted by molar-refractivity contribution is -0.150. The van der Waals surface area contributed by atoms with Crippen LogP contribution in [0.2, 0.25) is 0 Å². The van der Waals surface area contributed by atoms with Crippen molar-refractivity contribution in [2.45, 2.75) is 52.0 Å². The second-order valence-corrected chi connectivity index (χ2v) is 5.78. The highest BCUT2D eigenvalue weighted by Crippen LogP contribution is 2.48. The van der Waals surface area contributed by atoms with E-state index in [1.54, 1.807) is 0 Å². The van der Waals surface area contributed by atoms with E-state index in [0.717, 1.165) is 38.8 Å². The molecule has 0 aromatic carbocycles. The van der Waals surface area contributed by atoms with Gasteiger partial charge in [0.2, 0.25) is 0 Å². The number of likely N-dealkylation sites (tertiary alicyclic amines) is 1. The quantitative estimate of drug-likeness (QED) is 0.666. The van der Waals surface area contributed by atoms with Crippen molar-refractivity contribution in [2.75, 3.05) is 26.3 Å². The van der Waals surface area contributed by atoms with Gasteiger partial charge in [0.1, 0.15) is 0 Å². The molecule has 0 amide bonds. The average Bonchev–Trinajstić information content (AvgIpc) is 3.07. The molecule has 0 unspecified atom stereocenters. The molecule has 0 spiro atoms. The highest BCUT2D eigenvalue weighted by Gasteiger charge is 2.53. The minimum Gasteiger partial charge on any atom is -0.466 e. The molecular formula is C15H25NO4. The van der Waals surface area contributed by atoms with Crippen molar-refractivity contribution >= 4 is 11.9 Å². The molecule has 5 nitrogen and oxygen atoms in total. The molecule has 1 saturated carbocycles. The van der Waals surface area contributed by atoms with Gasteiger partial charge in [0, 0.05) is 12.6 Å². The third-order valence-corrected chi connectivity index (χ3v) is 4.27. The standard InChI is InChI=1S/C15H25NO4/c1-3-19-13(17)10-12-6-5-9-16(12)11-15(7-8-15)14(18)20-4-2/h12H,3-11H2,1-2H3/t12-/m0/s1. The van der Waals surface area contributed by atoms with Crippen molar-refractivity contribution in [1.82, 2.24) is 4.90 Å². The number of hydrogen-bond acceptors (Lipinski definition) is 5. The minimum atomic E-state index is -0.298. The van der Waals surface area contributed by atoms with E-state index in [9.17, 15) is 9.59 Å². The molecule has 2 aliphatic rings. The molecule has 1 saturated heterocycles. The first kappa shape index (κ1) is 15.3. The topological polar surface area (TPSA) is 55.8 Å². The van der Waals surface area contributed by atoms with Gasteiger partial charge in [-0.3, -0.25) is 14.5 Å². The van der Waals surface area contributed by atoms with Gasteiger partial charge < -0.3 is 9.47 Å². The molecule has 20 heavy (non-hydrogen) atoms. The Morgan fingerprint density at radius 2 is 1.90 bits per heavy atom. The molecule has 1 atom stereocenters. The smallest absolute Gasteiger partial charge is 0.313 e. The summed E-state index contributed by atoms with van der Waals surface area (Å²) in [7, 11) is 0. The molecule has 0 aromatic heterocycles. The molecule has 2 rings (SSSR count). The molecule has 0 aromatic rings. The lowest BCUT2D eigenvalue weighted by Crippen LogP contribution is -2.39. The summed E-state index contributed by atoms with van der Waals surface area (Å²) in [5, 5.41) is 0. The van der Waals surface area contributed by atoms with Crippen molar-refractivity contribution in [3.8, 4) is 0 Å². The molecule has 2 fully saturated rings. The van der Waals surface area contributed by atoms with Crippen molar-refractivity contribution in [1.29, 1.82) is 0 Å². The van der Waals surface area contributed by atoms with Gasteiger partial charge in [-0.05, 0) is 46.1 Å². The van der Waals surface area contributed by atoms with Gasteiger partial charge in [-0.15, -0.1) is 0 Å². The molecule has 5 heteroatoms. The summed E-state index contributed by atoms with van der Waals surface area (Å²) in [5.74, 6) is -0.202. The van der Waals surface area contributed by atoms with Crippen LogP contribution < -0.4 is 0 Å². The van der Waals surface area contributed by atoms with Crippen LogP contribution in [-0.2, 0) is 19.1 Å². The monoisotopic (exact) mass is 283 g/mol. The Hall–Kier alpha value is -1.10. The number of ether oxygens (including phenoxy) is 2. The Kier molecular flexibility index (Phi) is 5.02.